The van der Waals surface area contributed by atoms with Gasteiger partial charge in [0.2, 0.25) is 0 Å². The summed E-state index contributed by atoms with van der Waals surface area (Å²) < 4.78 is 24.4. The zero-order valence-electron chi connectivity index (χ0n) is 12.9. The Hall–Kier alpha value is -1.60. The number of likely N-dealkylation sites (tertiary alicyclic amines) is 1. The van der Waals surface area contributed by atoms with Gasteiger partial charge < -0.3 is 16.0 Å². The largest absolute Gasteiger partial charge is 0.370 e. The van der Waals surface area contributed by atoms with E-state index >= 15 is 0 Å². The number of nitrogens with two attached hydrogens (primary N) is 1. The summed E-state index contributed by atoms with van der Waals surface area (Å²) in [6, 6.07) is 7.26. The number of rotatable bonds is 6. The molecule has 122 valence electrons. The van der Waals surface area contributed by atoms with Crippen molar-refractivity contribution in [1.82, 2.24) is 10.2 Å². The number of hydrogen-bond acceptors (Lipinski definition) is 4. The van der Waals surface area contributed by atoms with Gasteiger partial charge in [0.25, 0.3) is 0 Å². The molecular weight excluding hydrogens is 300 g/mol. The van der Waals surface area contributed by atoms with E-state index in [9.17, 15) is 8.42 Å². The molecule has 7 heteroatoms. The van der Waals surface area contributed by atoms with Gasteiger partial charge in [-0.1, -0.05) is 17.7 Å². The number of aryl methyl sites for hydroxylation is 1. The molecule has 1 atom stereocenters. The maximum atomic E-state index is 12.2. The van der Waals surface area contributed by atoms with Crippen molar-refractivity contribution in [2.45, 2.75) is 30.7 Å². The molecule has 1 fully saturated rings. The second-order valence-corrected chi connectivity index (χ2v) is 7.87. The van der Waals surface area contributed by atoms with E-state index in [1.165, 1.54) is 0 Å². The van der Waals surface area contributed by atoms with Crippen molar-refractivity contribution < 1.29 is 8.42 Å². The number of hydrogen-bond donors (Lipinski definition) is 3. The molecular formula is C15H24N4O2S. The van der Waals surface area contributed by atoms with Crippen LogP contribution in [0.3, 0.4) is 0 Å². The van der Waals surface area contributed by atoms with Crippen LogP contribution in [-0.2, 0) is 9.84 Å². The fraction of sp³-hybridized carbons (Fsp3) is 0.533. The highest BCUT2D eigenvalue weighted by Gasteiger charge is 2.22. The van der Waals surface area contributed by atoms with E-state index in [2.05, 4.69) is 5.32 Å². The van der Waals surface area contributed by atoms with Gasteiger partial charge in [-0.05, 0) is 38.4 Å². The Morgan fingerprint density at radius 2 is 2.09 bits per heavy atom. The Labute approximate surface area is 132 Å². The molecule has 0 saturated carbocycles. The predicted molar refractivity (Wildman–Crippen MR) is 87.7 cm³/mol. The molecule has 1 aromatic carbocycles. The number of benzene rings is 1. The van der Waals surface area contributed by atoms with Crippen LogP contribution in [0.2, 0.25) is 0 Å². The monoisotopic (exact) mass is 324 g/mol. The quantitative estimate of drug-likeness (QED) is 0.407. The third kappa shape index (κ3) is 4.45. The zero-order chi connectivity index (χ0) is 16.2. The maximum absolute atomic E-state index is 12.2. The Kier molecular flexibility index (Phi) is 5.42. The second kappa shape index (κ2) is 7.11. The van der Waals surface area contributed by atoms with E-state index < -0.39 is 9.84 Å². The van der Waals surface area contributed by atoms with E-state index in [0.29, 0.717) is 17.9 Å². The van der Waals surface area contributed by atoms with Crippen LogP contribution in [0.25, 0.3) is 0 Å². The average Bonchev–Trinajstić information content (AvgIpc) is 2.93. The van der Waals surface area contributed by atoms with Gasteiger partial charge in [-0.2, -0.15) is 0 Å². The van der Waals surface area contributed by atoms with Crippen molar-refractivity contribution >= 4 is 15.8 Å². The minimum absolute atomic E-state index is 0.103. The lowest BCUT2D eigenvalue weighted by molar-refractivity contribution is 0.470. The molecule has 1 saturated heterocycles. The lowest BCUT2D eigenvalue weighted by Gasteiger charge is -2.16. The van der Waals surface area contributed by atoms with Crippen LogP contribution >= 0.6 is 0 Å². The number of nitrogens with one attached hydrogen (secondary N) is 2. The summed E-state index contributed by atoms with van der Waals surface area (Å²) in [7, 11) is -3.20. The summed E-state index contributed by atoms with van der Waals surface area (Å²) in [5.41, 5.74) is 6.50. The summed E-state index contributed by atoms with van der Waals surface area (Å²) >= 11 is 0. The minimum Gasteiger partial charge on any atom is -0.370 e. The van der Waals surface area contributed by atoms with Gasteiger partial charge in [0, 0.05) is 19.1 Å². The van der Waals surface area contributed by atoms with Crippen LogP contribution in [0.5, 0.6) is 0 Å². The molecule has 0 bridgehead atoms. The highest BCUT2D eigenvalue weighted by Crippen LogP contribution is 2.13. The van der Waals surface area contributed by atoms with Crippen molar-refractivity contribution in [3.63, 3.8) is 0 Å². The third-order valence-electron chi connectivity index (χ3n) is 3.93. The number of sulfone groups is 1. The van der Waals surface area contributed by atoms with Gasteiger partial charge in [0.05, 0.1) is 10.6 Å². The maximum Gasteiger partial charge on any atom is 0.188 e. The fourth-order valence-electron chi connectivity index (χ4n) is 2.58. The SMILES string of the molecule is Cc1ccc(S(=O)(=O)CCCNC2CCN(C(=N)N)C2)cc1. The van der Waals surface area contributed by atoms with Gasteiger partial charge in [-0.25, -0.2) is 8.42 Å². The second-order valence-electron chi connectivity index (χ2n) is 5.76. The number of guanidine groups is 1. The number of nitrogens with zero attached hydrogens (tertiary/aromatic N) is 1. The normalized spacial score (nSPS) is 18.6. The lowest BCUT2D eigenvalue weighted by atomic mass is 10.2. The molecule has 0 amide bonds. The van der Waals surface area contributed by atoms with Crippen LogP contribution in [0.4, 0.5) is 0 Å². The van der Waals surface area contributed by atoms with Crippen LogP contribution < -0.4 is 11.1 Å². The van der Waals surface area contributed by atoms with Crippen LogP contribution in [0.15, 0.2) is 29.2 Å². The molecule has 1 unspecified atom stereocenters. The van der Waals surface area contributed by atoms with Crippen molar-refractivity contribution in [2.24, 2.45) is 5.73 Å². The molecule has 4 N–H and O–H groups in total. The van der Waals surface area contributed by atoms with Gasteiger partial charge in [0.15, 0.2) is 15.8 Å². The van der Waals surface area contributed by atoms with Crippen LogP contribution in [-0.4, -0.2) is 50.7 Å². The van der Waals surface area contributed by atoms with Crippen LogP contribution in [0.1, 0.15) is 18.4 Å². The zero-order valence-corrected chi connectivity index (χ0v) is 13.7. The first kappa shape index (κ1) is 16.8. The molecule has 0 aliphatic carbocycles. The summed E-state index contributed by atoms with van der Waals surface area (Å²) in [6.45, 7) is 4.10. The molecule has 0 spiro atoms. The van der Waals surface area contributed by atoms with Gasteiger partial charge in [0.1, 0.15) is 0 Å². The van der Waals surface area contributed by atoms with E-state index in [-0.39, 0.29) is 17.8 Å². The van der Waals surface area contributed by atoms with Crippen molar-refractivity contribution in [3.8, 4) is 0 Å². The molecule has 1 aromatic rings. The average molecular weight is 324 g/mol. The van der Waals surface area contributed by atoms with E-state index in [1.54, 1.807) is 12.1 Å². The minimum atomic E-state index is -3.20. The topological polar surface area (TPSA) is 99.3 Å². The van der Waals surface area contributed by atoms with Crippen molar-refractivity contribution in [2.75, 3.05) is 25.4 Å². The van der Waals surface area contributed by atoms with Gasteiger partial charge >= 0.3 is 0 Å². The van der Waals surface area contributed by atoms with E-state index in [1.807, 2.05) is 24.0 Å². The van der Waals surface area contributed by atoms with Gasteiger partial charge in [-0.15, -0.1) is 0 Å². The third-order valence-corrected chi connectivity index (χ3v) is 5.75. The Balaban J connectivity index is 1.74. The van der Waals surface area contributed by atoms with Gasteiger partial charge in [-0.3, -0.25) is 5.41 Å². The molecule has 0 aromatic heterocycles. The van der Waals surface area contributed by atoms with E-state index in [4.69, 9.17) is 11.1 Å². The van der Waals surface area contributed by atoms with Crippen molar-refractivity contribution in [1.29, 1.82) is 5.41 Å². The van der Waals surface area contributed by atoms with E-state index in [0.717, 1.165) is 25.1 Å². The summed E-state index contributed by atoms with van der Waals surface area (Å²) in [5.74, 6) is 0.248. The molecule has 2 rings (SSSR count). The lowest BCUT2D eigenvalue weighted by Crippen LogP contribution is -2.38. The first-order chi connectivity index (χ1) is 10.4. The fourth-order valence-corrected chi connectivity index (χ4v) is 3.89. The molecule has 1 aliphatic heterocycles. The predicted octanol–water partition coefficient (Wildman–Crippen LogP) is 0.716. The first-order valence-corrected chi connectivity index (χ1v) is 9.15. The molecule has 1 heterocycles. The Bertz CT molecular complexity index is 613. The Morgan fingerprint density at radius 3 is 2.68 bits per heavy atom. The summed E-state index contributed by atoms with van der Waals surface area (Å²) in [4.78, 5) is 2.21. The Morgan fingerprint density at radius 1 is 1.41 bits per heavy atom. The van der Waals surface area contributed by atoms with Crippen molar-refractivity contribution in [3.05, 3.63) is 29.8 Å². The first-order valence-electron chi connectivity index (χ1n) is 7.50. The van der Waals surface area contributed by atoms with Crippen LogP contribution in [0, 0.1) is 12.3 Å². The smallest absolute Gasteiger partial charge is 0.188 e. The molecule has 22 heavy (non-hydrogen) atoms. The summed E-state index contributed by atoms with van der Waals surface area (Å²) in [6.07, 6.45) is 1.51. The molecule has 1 aliphatic rings. The highest BCUT2D eigenvalue weighted by molar-refractivity contribution is 7.91. The standard InChI is InChI=1S/C15H24N4O2S/c1-12-3-5-14(6-4-12)22(20,21)10-2-8-18-13-7-9-19(11-13)15(16)17/h3-6,13,18H,2,7-11H2,1H3,(H3,16,17). The molecule has 0 radical (unpaired) electrons. The summed E-state index contributed by atoms with van der Waals surface area (Å²) in [5, 5.41) is 10.7. The highest BCUT2D eigenvalue weighted by atomic mass is 32.2. The molecule has 6 nitrogen and oxygen atoms in total.